The van der Waals surface area contributed by atoms with Crippen LogP contribution in [0, 0.1) is 13.8 Å². The lowest BCUT2D eigenvalue weighted by molar-refractivity contribution is -0.692. The highest BCUT2D eigenvalue weighted by atomic mass is 35.5. The van der Waals surface area contributed by atoms with Crippen molar-refractivity contribution in [3.8, 4) is 0 Å². The fraction of sp³-hybridized carbons (Fsp3) is 0.250. The molecule has 2 aromatic heterocycles. The van der Waals surface area contributed by atoms with E-state index in [1.165, 1.54) is 22.3 Å². The second-order valence-electron chi connectivity index (χ2n) is 5.21. The summed E-state index contributed by atoms with van der Waals surface area (Å²) in [5.74, 6) is 0. The van der Waals surface area contributed by atoms with Gasteiger partial charge in [-0.25, -0.2) is 9.13 Å². The fourth-order valence-electron chi connectivity index (χ4n) is 2.52. The molecule has 0 aliphatic rings. The average molecular weight is 339 g/mol. The number of rotatable bonds is 4. The molecule has 0 unspecified atom stereocenters. The van der Waals surface area contributed by atoms with Gasteiger partial charge in [0.1, 0.15) is 37.9 Å². The summed E-state index contributed by atoms with van der Waals surface area (Å²) in [4.78, 5) is 6.20. The van der Waals surface area contributed by atoms with Crippen molar-refractivity contribution in [1.29, 1.82) is 0 Å². The molecule has 1 aromatic carbocycles. The van der Waals surface area contributed by atoms with Gasteiger partial charge in [-0.05, 0) is 25.0 Å². The van der Waals surface area contributed by atoms with Crippen LogP contribution in [0.1, 0.15) is 22.3 Å². The molecule has 0 spiro atoms. The Hall–Kier alpha value is -1.78. The topological polar surface area (TPSA) is 39.3 Å². The van der Waals surface area contributed by atoms with Gasteiger partial charge in [0, 0.05) is 11.1 Å². The van der Waals surface area contributed by atoms with E-state index in [2.05, 4.69) is 57.5 Å². The molecule has 6 heteroatoms. The number of aryl methyl sites for hydroxylation is 1. The Morgan fingerprint density at radius 1 is 0.864 bits per heavy atom. The zero-order valence-electron chi connectivity index (χ0n) is 12.7. The maximum atomic E-state index is 3.10. The van der Waals surface area contributed by atoms with Crippen LogP contribution >= 0.6 is 0 Å². The van der Waals surface area contributed by atoms with Crippen LogP contribution in [0.15, 0.2) is 49.6 Å². The van der Waals surface area contributed by atoms with Crippen molar-refractivity contribution < 1.29 is 33.9 Å². The summed E-state index contributed by atoms with van der Waals surface area (Å²) in [7, 11) is 0. The first kappa shape index (κ1) is 18.3. The van der Waals surface area contributed by atoms with Crippen LogP contribution in [0.2, 0.25) is 0 Å². The van der Waals surface area contributed by atoms with E-state index in [9.17, 15) is 0 Å². The minimum Gasteiger partial charge on any atom is -1.00 e. The van der Waals surface area contributed by atoms with Crippen LogP contribution in [0.4, 0.5) is 0 Å². The lowest BCUT2D eigenvalue weighted by atomic mass is 9.97. The second kappa shape index (κ2) is 8.01. The Morgan fingerprint density at radius 3 is 2.00 bits per heavy atom. The zero-order valence-corrected chi connectivity index (χ0v) is 14.2. The SMILES string of the molecule is Cc1ccc(C[n+]2cc[nH]c2)c(C[n+]2cc[nH]c2)c1C.[Cl-].[Cl-]. The maximum absolute atomic E-state index is 3.10. The van der Waals surface area contributed by atoms with Crippen molar-refractivity contribution in [3.05, 3.63) is 71.8 Å². The first-order chi connectivity index (χ1) is 9.74. The second-order valence-corrected chi connectivity index (χ2v) is 5.21. The Morgan fingerprint density at radius 2 is 1.45 bits per heavy atom. The molecule has 0 saturated heterocycles. The summed E-state index contributed by atoms with van der Waals surface area (Å²) < 4.78 is 4.34. The maximum Gasteiger partial charge on any atom is 0.241 e. The van der Waals surface area contributed by atoms with Crippen LogP contribution in [0.5, 0.6) is 0 Å². The average Bonchev–Trinajstić information content (AvgIpc) is 3.11. The van der Waals surface area contributed by atoms with Crippen LogP contribution < -0.4 is 33.9 Å². The minimum absolute atomic E-state index is 0. The first-order valence-corrected chi connectivity index (χ1v) is 6.85. The van der Waals surface area contributed by atoms with Crippen LogP contribution in [0.3, 0.4) is 0 Å². The molecule has 22 heavy (non-hydrogen) atoms. The number of aromatic amines is 2. The van der Waals surface area contributed by atoms with Gasteiger partial charge >= 0.3 is 0 Å². The number of hydrogen-bond donors (Lipinski definition) is 2. The molecular weight excluding hydrogens is 319 g/mol. The molecule has 3 rings (SSSR count). The Bertz CT molecular complexity index is 691. The molecule has 118 valence electrons. The molecule has 0 aliphatic heterocycles. The highest BCUT2D eigenvalue weighted by Gasteiger charge is 2.13. The van der Waals surface area contributed by atoms with Gasteiger partial charge in [0.15, 0.2) is 0 Å². The number of nitrogens with one attached hydrogen (secondary N) is 2. The number of benzene rings is 1. The number of H-pyrrole nitrogens is 2. The van der Waals surface area contributed by atoms with E-state index in [0.29, 0.717) is 0 Å². The molecule has 0 atom stereocenters. The molecule has 0 aliphatic carbocycles. The summed E-state index contributed by atoms with van der Waals surface area (Å²) in [5, 5.41) is 0. The van der Waals surface area contributed by atoms with Crippen molar-refractivity contribution in [2.24, 2.45) is 0 Å². The molecule has 3 aromatic rings. The molecule has 0 radical (unpaired) electrons. The van der Waals surface area contributed by atoms with Gasteiger partial charge in [0.2, 0.25) is 12.7 Å². The number of hydrogen-bond acceptors (Lipinski definition) is 0. The van der Waals surface area contributed by atoms with Gasteiger partial charge < -0.3 is 24.8 Å². The van der Waals surface area contributed by atoms with E-state index in [1.807, 2.05) is 25.0 Å². The molecule has 0 saturated carbocycles. The summed E-state index contributed by atoms with van der Waals surface area (Å²) in [6.45, 7) is 6.18. The summed E-state index contributed by atoms with van der Waals surface area (Å²) in [6.07, 6.45) is 12.0. The summed E-state index contributed by atoms with van der Waals surface area (Å²) in [5.41, 5.74) is 5.50. The van der Waals surface area contributed by atoms with E-state index in [-0.39, 0.29) is 24.8 Å². The van der Waals surface area contributed by atoms with Crippen molar-refractivity contribution in [2.45, 2.75) is 26.9 Å². The van der Waals surface area contributed by atoms with E-state index in [1.54, 1.807) is 0 Å². The Labute approximate surface area is 143 Å². The van der Waals surface area contributed by atoms with Crippen LogP contribution in [-0.4, -0.2) is 9.97 Å². The largest absolute Gasteiger partial charge is 1.00 e. The predicted molar refractivity (Wildman–Crippen MR) is 76.1 cm³/mol. The Kier molecular flexibility index (Phi) is 6.65. The zero-order chi connectivity index (χ0) is 13.9. The lowest BCUT2D eigenvalue weighted by Crippen LogP contribution is -3.00. The third kappa shape index (κ3) is 3.90. The molecule has 0 bridgehead atoms. The van der Waals surface area contributed by atoms with Gasteiger partial charge in [-0.3, -0.25) is 9.97 Å². The summed E-state index contributed by atoms with van der Waals surface area (Å²) >= 11 is 0. The standard InChI is InChI=1S/C16H18N4.2ClH/c1-13-3-4-15(9-19-7-5-17-11-19)16(14(13)2)10-20-8-6-18-12-20;;/h3-8,11-12H,9-10H2,1-2H3;2*1H. The van der Waals surface area contributed by atoms with Gasteiger partial charge in [0.05, 0.1) is 0 Å². The van der Waals surface area contributed by atoms with Crippen molar-refractivity contribution in [2.75, 3.05) is 0 Å². The van der Waals surface area contributed by atoms with Gasteiger partial charge in [-0.1, -0.05) is 12.1 Å². The van der Waals surface area contributed by atoms with Crippen LogP contribution in [0.25, 0.3) is 0 Å². The molecule has 0 amide bonds. The quantitative estimate of drug-likeness (QED) is 0.451. The Balaban J connectivity index is 0.00000121. The van der Waals surface area contributed by atoms with Gasteiger partial charge in [-0.2, -0.15) is 0 Å². The smallest absolute Gasteiger partial charge is 0.241 e. The third-order valence-corrected chi connectivity index (χ3v) is 3.87. The van der Waals surface area contributed by atoms with Crippen LogP contribution in [-0.2, 0) is 13.1 Å². The number of nitrogens with zero attached hydrogens (tertiary/aromatic N) is 2. The minimum atomic E-state index is 0. The number of imidazole rings is 2. The van der Waals surface area contributed by atoms with Gasteiger partial charge in [0.25, 0.3) is 0 Å². The third-order valence-electron chi connectivity index (χ3n) is 3.87. The fourth-order valence-corrected chi connectivity index (χ4v) is 2.52. The predicted octanol–water partition coefficient (Wildman–Crippen LogP) is -4.36. The monoisotopic (exact) mass is 338 g/mol. The lowest BCUT2D eigenvalue weighted by Gasteiger charge is -2.12. The molecule has 2 heterocycles. The molecule has 0 fully saturated rings. The van der Waals surface area contributed by atoms with Gasteiger partial charge in [-0.15, -0.1) is 0 Å². The van der Waals surface area contributed by atoms with E-state index >= 15 is 0 Å². The van der Waals surface area contributed by atoms with E-state index in [0.717, 1.165) is 13.1 Å². The molecule has 4 nitrogen and oxygen atoms in total. The number of aromatic nitrogens is 4. The number of halogens is 2. The van der Waals surface area contributed by atoms with Crippen molar-refractivity contribution in [1.82, 2.24) is 9.97 Å². The highest BCUT2D eigenvalue weighted by Crippen LogP contribution is 2.18. The van der Waals surface area contributed by atoms with Crippen molar-refractivity contribution >= 4 is 0 Å². The van der Waals surface area contributed by atoms with E-state index in [4.69, 9.17) is 0 Å². The normalized spacial score (nSPS) is 9.91. The molecule has 2 N–H and O–H groups in total. The molecular formula is C16H20Cl2N4. The van der Waals surface area contributed by atoms with E-state index < -0.39 is 0 Å². The van der Waals surface area contributed by atoms with Crippen molar-refractivity contribution in [3.63, 3.8) is 0 Å². The first-order valence-electron chi connectivity index (χ1n) is 6.85. The summed E-state index contributed by atoms with van der Waals surface area (Å²) in [6, 6.07) is 4.45. The highest BCUT2D eigenvalue weighted by molar-refractivity contribution is 5.38.